The Hall–Kier alpha value is -1.39. The van der Waals surface area contributed by atoms with Gasteiger partial charge in [0.25, 0.3) is 0 Å². The van der Waals surface area contributed by atoms with Gasteiger partial charge < -0.3 is 9.64 Å². The fourth-order valence-corrected chi connectivity index (χ4v) is 4.44. The number of hydrogen-bond acceptors (Lipinski definition) is 6. The summed E-state index contributed by atoms with van der Waals surface area (Å²) >= 11 is 3.97. The average molecular weight is 479 g/mol. The molecule has 0 N–H and O–H groups in total. The highest BCUT2D eigenvalue weighted by Crippen LogP contribution is 2.41. The topological polar surface area (TPSA) is 41.5 Å². The van der Waals surface area contributed by atoms with Gasteiger partial charge in [-0.15, -0.1) is 0 Å². The molecule has 0 aliphatic carbocycles. The Labute approximate surface area is 174 Å². The van der Waals surface area contributed by atoms with Crippen molar-refractivity contribution in [3.05, 3.63) is 33.5 Å². The first-order valence-corrected chi connectivity index (χ1v) is 10.5. The smallest absolute Gasteiger partial charge is 0.435 e. The lowest BCUT2D eigenvalue weighted by atomic mass is 10.2. The minimum absolute atomic E-state index is 0.00687. The van der Waals surface area contributed by atoms with Crippen LogP contribution in [0.2, 0.25) is 0 Å². The first-order valence-electron chi connectivity index (χ1n) is 8.93. The second-order valence-electron chi connectivity index (χ2n) is 7.08. The minimum Gasteiger partial charge on any atom is -0.488 e. The number of hydrogen-bond donors (Lipinski definition) is 0. The van der Waals surface area contributed by atoms with E-state index in [2.05, 4.69) is 44.6 Å². The Bertz CT molecular complexity index is 814. The summed E-state index contributed by atoms with van der Waals surface area (Å²) in [5, 5.41) is 0.360. The maximum atomic E-state index is 13.0. The lowest BCUT2D eigenvalue weighted by Crippen LogP contribution is -2.26. The summed E-state index contributed by atoms with van der Waals surface area (Å²) in [4.78, 5) is 12.2. The van der Waals surface area contributed by atoms with Gasteiger partial charge in [-0.2, -0.15) is 13.2 Å². The van der Waals surface area contributed by atoms with Crippen LogP contribution in [0.15, 0.2) is 22.1 Å². The van der Waals surface area contributed by atoms with E-state index in [1.807, 2.05) is 24.1 Å². The number of halogens is 4. The van der Waals surface area contributed by atoms with Crippen molar-refractivity contribution in [2.24, 2.45) is 0 Å². The molecule has 0 bridgehead atoms. The third kappa shape index (κ3) is 5.15. The van der Waals surface area contributed by atoms with Gasteiger partial charge in [-0.25, -0.2) is 4.98 Å². The van der Waals surface area contributed by atoms with Gasteiger partial charge >= 0.3 is 6.18 Å². The lowest BCUT2D eigenvalue weighted by molar-refractivity contribution is -0.141. The molecular formula is C18H22BrF3N4OS. The van der Waals surface area contributed by atoms with Gasteiger partial charge in [-0.3, -0.25) is 9.88 Å². The SMILES string of the molecule is CC(C)N(C)Cc1cc(OC2CCN(c3nc(C(F)(F)F)c(Br)s3)C2)ccn1. The van der Waals surface area contributed by atoms with Gasteiger partial charge in [-0.05, 0) is 42.9 Å². The van der Waals surface area contributed by atoms with E-state index in [1.165, 1.54) is 0 Å². The largest absolute Gasteiger partial charge is 0.488 e. The first-order chi connectivity index (χ1) is 13.1. The second kappa shape index (κ2) is 8.54. The molecule has 1 atom stereocenters. The third-order valence-corrected chi connectivity index (χ3v) is 6.41. The van der Waals surface area contributed by atoms with Gasteiger partial charge in [-0.1, -0.05) is 11.3 Å². The van der Waals surface area contributed by atoms with Crippen LogP contribution in [0.1, 0.15) is 31.7 Å². The molecule has 3 heterocycles. The van der Waals surface area contributed by atoms with E-state index in [9.17, 15) is 13.2 Å². The molecule has 0 radical (unpaired) electrons. The minimum atomic E-state index is -4.46. The summed E-state index contributed by atoms with van der Waals surface area (Å²) in [6.07, 6.45) is -2.11. The molecule has 2 aromatic heterocycles. The fraction of sp³-hybridized carbons (Fsp3) is 0.556. The Kier molecular flexibility index (Phi) is 6.51. The quantitative estimate of drug-likeness (QED) is 0.595. The molecule has 0 amide bonds. The van der Waals surface area contributed by atoms with E-state index in [0.717, 1.165) is 35.7 Å². The molecule has 10 heteroatoms. The third-order valence-electron chi connectivity index (χ3n) is 4.64. The van der Waals surface area contributed by atoms with Crippen molar-refractivity contribution >= 4 is 32.4 Å². The van der Waals surface area contributed by atoms with Crippen LogP contribution in [-0.4, -0.2) is 47.2 Å². The number of alkyl halides is 3. The zero-order chi connectivity index (χ0) is 20.5. The molecule has 1 unspecified atom stereocenters. The van der Waals surface area contributed by atoms with E-state index in [4.69, 9.17) is 4.74 Å². The van der Waals surface area contributed by atoms with Crippen molar-refractivity contribution in [3.63, 3.8) is 0 Å². The van der Waals surface area contributed by atoms with Crippen LogP contribution in [0.5, 0.6) is 5.75 Å². The monoisotopic (exact) mass is 478 g/mol. The summed E-state index contributed by atoms with van der Waals surface area (Å²) in [6, 6.07) is 4.14. The van der Waals surface area contributed by atoms with Crippen LogP contribution in [0, 0.1) is 0 Å². The van der Waals surface area contributed by atoms with Crippen LogP contribution in [0.3, 0.4) is 0 Å². The highest BCUT2D eigenvalue weighted by Gasteiger charge is 2.38. The van der Waals surface area contributed by atoms with Gasteiger partial charge in [0.2, 0.25) is 0 Å². The van der Waals surface area contributed by atoms with Crippen LogP contribution >= 0.6 is 27.3 Å². The van der Waals surface area contributed by atoms with Crippen LogP contribution < -0.4 is 9.64 Å². The molecule has 3 rings (SSSR count). The number of pyridine rings is 1. The Morgan fingerprint density at radius 2 is 2.18 bits per heavy atom. The molecule has 1 aliphatic rings. The van der Waals surface area contributed by atoms with Crippen molar-refractivity contribution in [2.75, 3.05) is 25.0 Å². The van der Waals surface area contributed by atoms with Crippen molar-refractivity contribution < 1.29 is 17.9 Å². The zero-order valence-corrected chi connectivity index (χ0v) is 18.2. The summed E-state index contributed by atoms with van der Waals surface area (Å²) < 4.78 is 44.9. The molecule has 0 aromatic carbocycles. The van der Waals surface area contributed by atoms with Gasteiger partial charge in [0, 0.05) is 37.8 Å². The Morgan fingerprint density at radius 1 is 1.43 bits per heavy atom. The van der Waals surface area contributed by atoms with E-state index >= 15 is 0 Å². The maximum Gasteiger partial charge on any atom is 0.435 e. The highest BCUT2D eigenvalue weighted by molar-refractivity contribution is 9.11. The fourth-order valence-electron chi connectivity index (χ4n) is 2.85. The van der Waals surface area contributed by atoms with Crippen LogP contribution in [-0.2, 0) is 12.7 Å². The summed E-state index contributed by atoms with van der Waals surface area (Å²) in [7, 11) is 2.04. The molecule has 0 saturated carbocycles. The number of anilines is 1. The Morgan fingerprint density at radius 3 is 2.82 bits per heavy atom. The number of nitrogens with zero attached hydrogens (tertiary/aromatic N) is 4. The Balaban J connectivity index is 1.62. The molecule has 2 aromatic rings. The second-order valence-corrected chi connectivity index (χ2v) is 9.38. The molecule has 1 fully saturated rings. The molecule has 1 aliphatic heterocycles. The average Bonchev–Trinajstić information content (AvgIpc) is 3.21. The van der Waals surface area contributed by atoms with Crippen molar-refractivity contribution in [1.82, 2.24) is 14.9 Å². The van der Waals surface area contributed by atoms with E-state index in [0.29, 0.717) is 24.3 Å². The summed E-state index contributed by atoms with van der Waals surface area (Å²) in [5.41, 5.74) is 0.0483. The van der Waals surface area contributed by atoms with E-state index in [-0.39, 0.29) is 9.89 Å². The predicted octanol–water partition coefficient (Wildman–Crippen LogP) is 4.82. The molecule has 154 valence electrons. The van der Waals surface area contributed by atoms with Crippen molar-refractivity contribution in [1.29, 1.82) is 0 Å². The van der Waals surface area contributed by atoms with Gasteiger partial charge in [0.1, 0.15) is 15.6 Å². The first kappa shape index (κ1) is 21.3. The molecule has 0 spiro atoms. The zero-order valence-electron chi connectivity index (χ0n) is 15.8. The number of thiazole rings is 1. The van der Waals surface area contributed by atoms with Crippen LogP contribution in [0.4, 0.5) is 18.3 Å². The van der Waals surface area contributed by atoms with Gasteiger partial charge in [0.05, 0.1) is 12.2 Å². The normalized spacial score (nSPS) is 17.8. The van der Waals surface area contributed by atoms with Crippen molar-refractivity contribution in [3.8, 4) is 5.75 Å². The molecule has 5 nitrogen and oxygen atoms in total. The molecular weight excluding hydrogens is 457 g/mol. The van der Waals surface area contributed by atoms with E-state index < -0.39 is 11.9 Å². The molecule has 1 saturated heterocycles. The summed E-state index contributed by atoms with van der Waals surface area (Å²) in [5.74, 6) is 0.727. The predicted molar refractivity (Wildman–Crippen MR) is 107 cm³/mol. The summed E-state index contributed by atoms with van der Waals surface area (Å²) in [6.45, 7) is 6.07. The number of ether oxygens (including phenoxy) is 1. The number of aromatic nitrogens is 2. The molecule has 28 heavy (non-hydrogen) atoms. The highest BCUT2D eigenvalue weighted by atomic mass is 79.9. The lowest BCUT2D eigenvalue weighted by Gasteiger charge is -2.21. The van der Waals surface area contributed by atoms with E-state index in [1.54, 1.807) is 6.20 Å². The number of rotatable bonds is 6. The van der Waals surface area contributed by atoms with Gasteiger partial charge in [0.15, 0.2) is 10.8 Å². The maximum absolute atomic E-state index is 13.0. The van der Waals surface area contributed by atoms with Crippen molar-refractivity contribution in [2.45, 2.75) is 45.1 Å². The standard InChI is InChI=1S/C18H22BrF3N4OS/c1-11(2)25(3)9-12-8-13(4-6-23-12)27-14-5-7-26(10-14)17-24-15(16(19)28-17)18(20,21)22/h4,6,8,11,14H,5,7,9-10H2,1-3H3. The van der Waals surface area contributed by atoms with Crippen LogP contribution in [0.25, 0.3) is 0 Å².